The minimum atomic E-state index is -4.82. The zero-order valence-electron chi connectivity index (χ0n) is 19.8. The van der Waals surface area contributed by atoms with Gasteiger partial charge in [-0.3, -0.25) is 4.98 Å². The Balaban J connectivity index is 1.39. The van der Waals surface area contributed by atoms with E-state index in [0.717, 1.165) is 25.0 Å². The van der Waals surface area contributed by atoms with Crippen LogP contribution in [0.5, 0.6) is 5.75 Å². The summed E-state index contributed by atoms with van der Waals surface area (Å²) in [6.45, 7) is 1.41. The monoisotopic (exact) mass is 534 g/mol. The van der Waals surface area contributed by atoms with Crippen molar-refractivity contribution >= 4 is 27.3 Å². The molecule has 0 saturated carbocycles. The molecule has 37 heavy (non-hydrogen) atoms. The van der Waals surface area contributed by atoms with Gasteiger partial charge < -0.3 is 15.0 Å². The lowest BCUT2D eigenvalue weighted by Gasteiger charge is -2.44. The molecule has 0 amide bonds. The Kier molecular flexibility index (Phi) is 6.65. The lowest BCUT2D eigenvalue weighted by molar-refractivity contribution is -0.274. The van der Waals surface area contributed by atoms with Crippen LogP contribution in [0.25, 0.3) is 11.4 Å². The molecular weight excluding hydrogens is 509 g/mol. The summed E-state index contributed by atoms with van der Waals surface area (Å²) < 4.78 is 65.7. The molecule has 0 atom stereocenters. The average Bonchev–Trinajstić information content (AvgIpc) is 2.86. The van der Waals surface area contributed by atoms with E-state index in [4.69, 9.17) is 4.98 Å². The lowest BCUT2D eigenvalue weighted by Crippen LogP contribution is -2.44. The van der Waals surface area contributed by atoms with Crippen LogP contribution in [0.3, 0.4) is 0 Å². The maximum Gasteiger partial charge on any atom is 0.573 e. The molecule has 196 valence electrons. The fourth-order valence-corrected chi connectivity index (χ4v) is 6.47. The Morgan fingerprint density at radius 3 is 2.41 bits per heavy atom. The first-order valence-electron chi connectivity index (χ1n) is 11.8. The number of aromatic nitrogens is 4. The summed E-state index contributed by atoms with van der Waals surface area (Å²) in [4.78, 5) is 19.6. The first kappa shape index (κ1) is 25.2. The molecule has 2 aliphatic heterocycles. The summed E-state index contributed by atoms with van der Waals surface area (Å²) in [6.07, 6.45) is 2.74. The minimum absolute atomic E-state index is 0.0327. The number of rotatable bonds is 5. The smallest absolute Gasteiger partial charge is 0.406 e. The molecule has 5 heterocycles. The number of nitrogens with one attached hydrogen (secondary N) is 1. The Labute approximate surface area is 212 Å². The highest BCUT2D eigenvalue weighted by Gasteiger charge is 2.40. The third-order valence-electron chi connectivity index (χ3n) is 6.89. The van der Waals surface area contributed by atoms with E-state index in [0.29, 0.717) is 49.0 Å². The predicted molar refractivity (Wildman–Crippen MR) is 131 cm³/mol. The molecule has 13 heteroatoms. The van der Waals surface area contributed by atoms with Crippen molar-refractivity contribution in [3.05, 3.63) is 48.9 Å². The predicted octanol–water partition coefficient (Wildman–Crippen LogP) is 4.37. The van der Waals surface area contributed by atoms with Crippen molar-refractivity contribution in [2.24, 2.45) is 5.41 Å². The van der Waals surface area contributed by atoms with E-state index in [1.54, 1.807) is 24.5 Å². The number of anilines is 3. The van der Waals surface area contributed by atoms with E-state index in [-0.39, 0.29) is 22.7 Å². The summed E-state index contributed by atoms with van der Waals surface area (Å²) in [6, 6.07) is 7.56. The van der Waals surface area contributed by atoms with Gasteiger partial charge in [0.05, 0.1) is 11.5 Å². The Morgan fingerprint density at radius 2 is 1.73 bits per heavy atom. The van der Waals surface area contributed by atoms with Crippen LogP contribution in [0.2, 0.25) is 0 Å². The maximum atomic E-state index is 12.6. The number of hydrogen-bond donors (Lipinski definition) is 1. The molecule has 3 aromatic rings. The number of ether oxygens (including phenoxy) is 1. The van der Waals surface area contributed by atoms with Gasteiger partial charge in [-0.25, -0.2) is 23.4 Å². The van der Waals surface area contributed by atoms with E-state index in [9.17, 15) is 21.6 Å². The number of hydrogen-bond acceptors (Lipinski definition) is 9. The van der Waals surface area contributed by atoms with Gasteiger partial charge in [0.25, 0.3) is 0 Å². The van der Waals surface area contributed by atoms with Crippen LogP contribution >= 0.6 is 0 Å². The number of halogens is 3. The lowest BCUT2D eigenvalue weighted by atomic mass is 9.74. The van der Waals surface area contributed by atoms with Crippen molar-refractivity contribution in [1.82, 2.24) is 19.9 Å². The molecule has 2 saturated heterocycles. The van der Waals surface area contributed by atoms with Crippen LogP contribution in [-0.2, 0) is 9.84 Å². The normalized spacial score (nSPS) is 18.9. The number of pyridine rings is 2. The molecule has 0 radical (unpaired) electrons. The molecule has 9 nitrogen and oxygen atoms in total. The first-order valence-corrected chi connectivity index (χ1v) is 13.6. The highest BCUT2D eigenvalue weighted by molar-refractivity contribution is 7.91. The van der Waals surface area contributed by atoms with Crippen molar-refractivity contribution in [3.63, 3.8) is 0 Å². The second kappa shape index (κ2) is 9.77. The van der Waals surface area contributed by atoms with E-state index < -0.39 is 21.9 Å². The summed E-state index contributed by atoms with van der Waals surface area (Å²) in [5, 5.41) is 2.96. The van der Waals surface area contributed by atoms with Gasteiger partial charge in [0.2, 0.25) is 0 Å². The number of sulfone groups is 1. The first-order chi connectivity index (χ1) is 17.6. The highest BCUT2D eigenvalue weighted by Crippen LogP contribution is 2.43. The Morgan fingerprint density at radius 1 is 0.973 bits per heavy atom. The zero-order valence-corrected chi connectivity index (χ0v) is 20.6. The van der Waals surface area contributed by atoms with Gasteiger partial charge in [-0.05, 0) is 49.3 Å². The summed E-state index contributed by atoms with van der Waals surface area (Å²) >= 11 is 0. The van der Waals surface area contributed by atoms with E-state index in [1.165, 1.54) is 6.20 Å². The SMILES string of the molecule is O=S1(=O)CCC2(CCN(c3cc(Nc4cc(OC(F)(F)F)ccn4)nc(-c4cccnc4)n3)CC2)CC1. The molecule has 1 spiro atoms. The van der Waals surface area contributed by atoms with Crippen LogP contribution in [0.15, 0.2) is 48.9 Å². The van der Waals surface area contributed by atoms with Crippen LogP contribution in [0.4, 0.5) is 30.6 Å². The zero-order chi connectivity index (χ0) is 26.1. The van der Waals surface area contributed by atoms with Crippen molar-refractivity contribution < 1.29 is 26.3 Å². The second-order valence-corrected chi connectivity index (χ2v) is 11.7. The molecular formula is C24H25F3N6O3S. The quantitative estimate of drug-likeness (QED) is 0.510. The molecule has 0 bridgehead atoms. The number of alkyl halides is 3. The van der Waals surface area contributed by atoms with Crippen molar-refractivity contribution in [2.75, 3.05) is 34.8 Å². The summed E-state index contributed by atoms with van der Waals surface area (Å²) in [7, 11) is -2.93. The second-order valence-electron chi connectivity index (χ2n) is 9.37. The molecule has 2 aliphatic rings. The highest BCUT2D eigenvalue weighted by atomic mass is 32.2. The standard InChI is InChI=1S/C24H25F3N6O3S/c25-24(26,27)36-18-3-9-29-19(14-18)30-20-15-21(32-22(31-20)17-2-1-8-28-16-17)33-10-4-23(5-11-33)6-12-37(34,35)13-7-23/h1-3,8-9,14-16H,4-7,10-13H2,(H,29,30,31,32). The molecule has 2 fully saturated rings. The average molecular weight is 535 g/mol. The molecule has 5 rings (SSSR count). The van der Waals surface area contributed by atoms with Gasteiger partial charge in [0.1, 0.15) is 33.0 Å². The maximum absolute atomic E-state index is 12.6. The minimum Gasteiger partial charge on any atom is -0.406 e. The van der Waals surface area contributed by atoms with Gasteiger partial charge in [-0.2, -0.15) is 0 Å². The topological polar surface area (TPSA) is 110 Å². The molecule has 1 N–H and O–H groups in total. The van der Waals surface area contributed by atoms with Gasteiger partial charge in [0.15, 0.2) is 5.82 Å². The number of piperidine rings is 1. The number of nitrogens with zero attached hydrogens (tertiary/aromatic N) is 5. The van der Waals surface area contributed by atoms with Crippen molar-refractivity contribution in [3.8, 4) is 17.1 Å². The van der Waals surface area contributed by atoms with Gasteiger partial charge in [0, 0.05) is 49.4 Å². The van der Waals surface area contributed by atoms with Gasteiger partial charge in [-0.15, -0.1) is 13.2 Å². The molecule has 0 unspecified atom stereocenters. The fourth-order valence-electron chi connectivity index (χ4n) is 4.77. The Hall–Kier alpha value is -3.48. The molecule has 3 aromatic heterocycles. The van der Waals surface area contributed by atoms with Gasteiger partial charge >= 0.3 is 6.36 Å². The Bertz CT molecular complexity index is 1350. The van der Waals surface area contributed by atoms with Crippen LogP contribution in [0, 0.1) is 5.41 Å². The van der Waals surface area contributed by atoms with E-state index in [1.807, 2.05) is 6.07 Å². The molecule has 0 aliphatic carbocycles. The van der Waals surface area contributed by atoms with E-state index >= 15 is 0 Å². The van der Waals surface area contributed by atoms with Crippen molar-refractivity contribution in [2.45, 2.75) is 32.0 Å². The van der Waals surface area contributed by atoms with Gasteiger partial charge in [-0.1, -0.05) is 0 Å². The summed E-state index contributed by atoms with van der Waals surface area (Å²) in [5.41, 5.74) is 0.714. The van der Waals surface area contributed by atoms with Crippen LogP contribution in [0.1, 0.15) is 25.7 Å². The van der Waals surface area contributed by atoms with Crippen LogP contribution in [-0.4, -0.2) is 59.3 Å². The third-order valence-corrected chi connectivity index (χ3v) is 8.54. The third kappa shape index (κ3) is 6.27. The molecule has 0 aromatic carbocycles. The largest absolute Gasteiger partial charge is 0.573 e. The van der Waals surface area contributed by atoms with E-state index in [2.05, 4.69) is 29.9 Å². The van der Waals surface area contributed by atoms with Crippen LogP contribution < -0.4 is 15.0 Å². The summed E-state index contributed by atoms with van der Waals surface area (Å²) in [5.74, 6) is 1.61. The van der Waals surface area contributed by atoms with Crippen molar-refractivity contribution in [1.29, 1.82) is 0 Å². The fraction of sp³-hybridized carbons (Fsp3) is 0.417.